The van der Waals surface area contributed by atoms with Crippen LogP contribution in [0.1, 0.15) is 12.2 Å². The Morgan fingerprint density at radius 1 is 1.60 bits per heavy atom. The molecule has 0 amide bonds. The molecular formula is C5H7BrN2O2. The molecule has 1 heterocycles. The minimum Gasteiger partial charge on any atom is -0.396 e. The van der Waals surface area contributed by atoms with Crippen LogP contribution in [0.4, 0.5) is 0 Å². The quantitative estimate of drug-likeness (QED) is 0.794. The number of hydrogen-bond acceptors (Lipinski definition) is 4. The molecule has 1 aromatic rings. The molecule has 10 heavy (non-hydrogen) atoms. The van der Waals surface area contributed by atoms with Gasteiger partial charge in [0.15, 0.2) is 5.82 Å². The van der Waals surface area contributed by atoms with Crippen LogP contribution in [0.2, 0.25) is 0 Å². The summed E-state index contributed by atoms with van der Waals surface area (Å²) >= 11 is 3.02. The van der Waals surface area contributed by atoms with E-state index in [1.54, 1.807) is 0 Å². The molecule has 0 aliphatic heterocycles. The highest BCUT2D eigenvalue weighted by Crippen LogP contribution is 2.05. The van der Waals surface area contributed by atoms with Crippen LogP contribution in [0.5, 0.6) is 0 Å². The van der Waals surface area contributed by atoms with E-state index >= 15 is 0 Å². The van der Waals surface area contributed by atoms with E-state index in [0.29, 0.717) is 23.5 Å². The standard InChI is InChI=1S/C5H7BrN2O2/c6-5-7-4(8-10-5)2-1-3-9/h9H,1-3H2. The van der Waals surface area contributed by atoms with Crippen molar-refractivity contribution in [2.75, 3.05) is 6.61 Å². The highest BCUT2D eigenvalue weighted by molar-refractivity contribution is 9.10. The van der Waals surface area contributed by atoms with Crippen molar-refractivity contribution in [3.63, 3.8) is 0 Å². The summed E-state index contributed by atoms with van der Waals surface area (Å²) in [5.41, 5.74) is 0. The lowest BCUT2D eigenvalue weighted by atomic mass is 10.3. The van der Waals surface area contributed by atoms with Gasteiger partial charge < -0.3 is 9.63 Å². The Balaban J connectivity index is 2.42. The number of aliphatic hydroxyl groups is 1. The number of nitrogens with zero attached hydrogens (tertiary/aromatic N) is 2. The summed E-state index contributed by atoms with van der Waals surface area (Å²) in [6.45, 7) is 0.159. The summed E-state index contributed by atoms with van der Waals surface area (Å²) in [4.78, 5) is 4.27. The number of halogens is 1. The summed E-state index contributed by atoms with van der Waals surface area (Å²) in [5.74, 6) is 0.626. The van der Waals surface area contributed by atoms with E-state index in [-0.39, 0.29) is 6.61 Å². The molecule has 0 aliphatic carbocycles. The SMILES string of the molecule is OCCCc1noc(Br)n1. The van der Waals surface area contributed by atoms with Gasteiger partial charge in [0, 0.05) is 29.0 Å². The molecule has 0 radical (unpaired) electrons. The molecule has 5 heteroatoms. The summed E-state index contributed by atoms with van der Waals surface area (Å²) in [6, 6.07) is 0. The van der Waals surface area contributed by atoms with Crippen molar-refractivity contribution in [2.24, 2.45) is 0 Å². The van der Waals surface area contributed by atoms with E-state index in [4.69, 9.17) is 5.11 Å². The highest BCUT2D eigenvalue weighted by atomic mass is 79.9. The molecule has 0 aromatic carbocycles. The number of rotatable bonds is 3. The Bertz CT molecular complexity index is 201. The van der Waals surface area contributed by atoms with Gasteiger partial charge in [-0.15, -0.1) is 0 Å². The van der Waals surface area contributed by atoms with E-state index in [9.17, 15) is 0 Å². The van der Waals surface area contributed by atoms with Crippen LogP contribution in [-0.2, 0) is 6.42 Å². The van der Waals surface area contributed by atoms with Crippen molar-refractivity contribution >= 4 is 15.9 Å². The van der Waals surface area contributed by atoms with Gasteiger partial charge in [0.05, 0.1) is 0 Å². The Morgan fingerprint density at radius 3 is 2.90 bits per heavy atom. The fourth-order valence-corrected chi connectivity index (χ4v) is 0.848. The third-order valence-corrected chi connectivity index (χ3v) is 1.32. The first-order valence-electron chi connectivity index (χ1n) is 2.92. The Hall–Kier alpha value is -0.420. The predicted octanol–water partition coefficient (Wildman–Crippen LogP) is 0.757. The molecule has 0 unspecified atom stereocenters. The Labute approximate surface area is 66.4 Å². The topological polar surface area (TPSA) is 59.2 Å². The van der Waals surface area contributed by atoms with Crippen molar-refractivity contribution in [3.8, 4) is 0 Å². The molecule has 0 saturated heterocycles. The van der Waals surface area contributed by atoms with E-state index in [0.717, 1.165) is 0 Å². The van der Waals surface area contributed by atoms with Crippen LogP contribution in [0, 0.1) is 0 Å². The zero-order chi connectivity index (χ0) is 7.40. The van der Waals surface area contributed by atoms with Crippen LogP contribution in [0.25, 0.3) is 0 Å². The maximum Gasteiger partial charge on any atom is 0.293 e. The largest absolute Gasteiger partial charge is 0.396 e. The normalized spacial score (nSPS) is 10.2. The zero-order valence-electron chi connectivity index (χ0n) is 5.25. The van der Waals surface area contributed by atoms with Crippen LogP contribution in [0.15, 0.2) is 9.32 Å². The molecule has 0 atom stereocenters. The van der Waals surface area contributed by atoms with Crippen LogP contribution >= 0.6 is 15.9 Å². The van der Waals surface area contributed by atoms with E-state index < -0.39 is 0 Å². The summed E-state index contributed by atoms with van der Waals surface area (Å²) in [6.07, 6.45) is 1.33. The van der Waals surface area contributed by atoms with Crippen LogP contribution in [-0.4, -0.2) is 21.9 Å². The van der Waals surface area contributed by atoms with Gasteiger partial charge in [0.2, 0.25) is 0 Å². The maximum atomic E-state index is 8.44. The van der Waals surface area contributed by atoms with Crippen molar-refractivity contribution in [1.82, 2.24) is 10.1 Å². The molecule has 0 saturated carbocycles. The second kappa shape index (κ2) is 3.68. The molecule has 0 aliphatic rings. The molecule has 0 spiro atoms. The van der Waals surface area contributed by atoms with Crippen molar-refractivity contribution in [2.45, 2.75) is 12.8 Å². The molecular weight excluding hydrogens is 200 g/mol. The molecule has 1 N–H and O–H groups in total. The number of aliphatic hydroxyl groups excluding tert-OH is 1. The maximum absolute atomic E-state index is 8.44. The average molecular weight is 207 g/mol. The third-order valence-electron chi connectivity index (χ3n) is 1.00. The highest BCUT2D eigenvalue weighted by Gasteiger charge is 2.00. The fourth-order valence-electron chi connectivity index (χ4n) is 0.571. The van der Waals surface area contributed by atoms with Crippen LogP contribution in [0.3, 0.4) is 0 Å². The second-order valence-corrected chi connectivity index (χ2v) is 2.47. The third kappa shape index (κ3) is 2.07. The number of aryl methyl sites for hydroxylation is 1. The summed E-state index contributed by atoms with van der Waals surface area (Å²) < 4.78 is 4.64. The molecule has 1 rings (SSSR count). The predicted molar refractivity (Wildman–Crippen MR) is 37.4 cm³/mol. The van der Waals surface area contributed by atoms with Gasteiger partial charge in [-0.1, -0.05) is 5.16 Å². The van der Waals surface area contributed by atoms with Gasteiger partial charge in [-0.25, -0.2) is 0 Å². The van der Waals surface area contributed by atoms with E-state index in [1.165, 1.54) is 0 Å². The summed E-state index contributed by atoms with van der Waals surface area (Å²) in [5, 5.41) is 12.0. The van der Waals surface area contributed by atoms with Gasteiger partial charge in [-0.2, -0.15) is 4.98 Å². The summed E-state index contributed by atoms with van der Waals surface area (Å²) in [7, 11) is 0. The van der Waals surface area contributed by atoms with Gasteiger partial charge >= 0.3 is 0 Å². The number of hydrogen-bond donors (Lipinski definition) is 1. The lowest BCUT2D eigenvalue weighted by molar-refractivity contribution is 0.286. The Morgan fingerprint density at radius 2 is 2.40 bits per heavy atom. The first kappa shape index (κ1) is 7.68. The molecule has 56 valence electrons. The lowest BCUT2D eigenvalue weighted by Gasteiger charge is -1.86. The monoisotopic (exact) mass is 206 g/mol. The van der Waals surface area contributed by atoms with Gasteiger partial charge in [0.25, 0.3) is 4.80 Å². The van der Waals surface area contributed by atoms with Gasteiger partial charge in [-0.05, 0) is 6.42 Å². The van der Waals surface area contributed by atoms with Gasteiger partial charge in [0.1, 0.15) is 0 Å². The van der Waals surface area contributed by atoms with Crippen molar-refractivity contribution in [3.05, 3.63) is 10.6 Å². The number of aromatic nitrogens is 2. The fraction of sp³-hybridized carbons (Fsp3) is 0.600. The van der Waals surface area contributed by atoms with E-state index in [1.807, 2.05) is 0 Å². The first-order chi connectivity index (χ1) is 4.83. The molecule has 0 fully saturated rings. The Kier molecular flexibility index (Phi) is 2.82. The van der Waals surface area contributed by atoms with Crippen molar-refractivity contribution < 1.29 is 9.63 Å². The van der Waals surface area contributed by atoms with E-state index in [2.05, 4.69) is 30.6 Å². The minimum atomic E-state index is 0.159. The minimum absolute atomic E-state index is 0.159. The zero-order valence-corrected chi connectivity index (χ0v) is 6.84. The van der Waals surface area contributed by atoms with Crippen molar-refractivity contribution in [1.29, 1.82) is 0 Å². The average Bonchev–Trinajstić information content (AvgIpc) is 2.31. The smallest absolute Gasteiger partial charge is 0.293 e. The second-order valence-electron chi connectivity index (χ2n) is 1.79. The molecule has 1 aromatic heterocycles. The molecule has 0 bridgehead atoms. The lowest BCUT2D eigenvalue weighted by Crippen LogP contribution is -1.90. The van der Waals surface area contributed by atoms with Gasteiger partial charge in [-0.3, -0.25) is 0 Å². The first-order valence-corrected chi connectivity index (χ1v) is 3.71. The van der Waals surface area contributed by atoms with Crippen LogP contribution < -0.4 is 0 Å². The molecule has 4 nitrogen and oxygen atoms in total.